The molecule has 0 saturated carbocycles. The Morgan fingerprint density at radius 2 is 2.20 bits per heavy atom. The number of nitrogens with one attached hydrogen (secondary N) is 1. The second-order valence-corrected chi connectivity index (χ2v) is 6.44. The molecule has 1 aromatic carbocycles. The molecule has 1 N–H and O–H groups in total. The molecule has 2 heterocycles. The van der Waals surface area contributed by atoms with Crippen molar-refractivity contribution in [2.75, 3.05) is 6.54 Å². The summed E-state index contributed by atoms with van der Waals surface area (Å²) in [4.78, 5) is 26.1. The van der Waals surface area contributed by atoms with Crippen molar-refractivity contribution in [1.29, 1.82) is 0 Å². The third-order valence-corrected chi connectivity index (χ3v) is 4.61. The first-order valence-corrected chi connectivity index (χ1v) is 8.73. The van der Waals surface area contributed by atoms with E-state index in [1.807, 2.05) is 44.6 Å². The molecule has 0 aliphatic carbocycles. The highest BCUT2D eigenvalue weighted by Crippen LogP contribution is 2.20. The van der Waals surface area contributed by atoms with Crippen LogP contribution in [-0.2, 0) is 23.2 Å². The van der Waals surface area contributed by atoms with Crippen molar-refractivity contribution in [3.63, 3.8) is 0 Å². The van der Waals surface area contributed by atoms with Crippen molar-refractivity contribution in [3.05, 3.63) is 42.2 Å². The van der Waals surface area contributed by atoms with Gasteiger partial charge in [-0.2, -0.15) is 5.10 Å². The van der Waals surface area contributed by atoms with Crippen molar-refractivity contribution in [2.24, 2.45) is 7.05 Å². The summed E-state index contributed by atoms with van der Waals surface area (Å²) in [6.07, 6.45) is 5.81. The molecule has 1 atom stereocenters. The van der Waals surface area contributed by atoms with Gasteiger partial charge in [-0.1, -0.05) is 25.1 Å². The van der Waals surface area contributed by atoms with Gasteiger partial charge in [-0.25, -0.2) is 0 Å². The van der Waals surface area contributed by atoms with Gasteiger partial charge in [-0.15, -0.1) is 0 Å². The number of hydrogen-bond acceptors (Lipinski definition) is 3. The molecule has 1 aliphatic rings. The fourth-order valence-electron chi connectivity index (χ4n) is 3.28. The Kier molecular flexibility index (Phi) is 5.16. The van der Waals surface area contributed by atoms with Crippen LogP contribution >= 0.6 is 0 Å². The van der Waals surface area contributed by atoms with E-state index in [4.69, 9.17) is 0 Å². The Hall–Kier alpha value is -2.63. The predicted octanol–water partition coefficient (Wildman–Crippen LogP) is 2.10. The first-order chi connectivity index (χ1) is 12.1. The Morgan fingerprint density at radius 3 is 2.84 bits per heavy atom. The number of likely N-dealkylation sites (tertiary alicyclic amines) is 1. The van der Waals surface area contributed by atoms with E-state index in [1.54, 1.807) is 9.58 Å². The minimum Gasteiger partial charge on any atom is -0.350 e. The zero-order valence-electron chi connectivity index (χ0n) is 14.7. The highest BCUT2D eigenvalue weighted by atomic mass is 16.2. The van der Waals surface area contributed by atoms with Crippen LogP contribution in [0.15, 0.2) is 36.7 Å². The zero-order valence-corrected chi connectivity index (χ0v) is 14.7. The van der Waals surface area contributed by atoms with E-state index in [-0.39, 0.29) is 17.9 Å². The molecular weight excluding hydrogens is 316 g/mol. The number of carbonyl (C=O) groups excluding carboxylic acids is 2. The highest BCUT2D eigenvalue weighted by Gasteiger charge is 2.31. The number of benzene rings is 1. The highest BCUT2D eigenvalue weighted by molar-refractivity contribution is 5.88. The predicted molar refractivity (Wildman–Crippen MR) is 95.5 cm³/mol. The summed E-state index contributed by atoms with van der Waals surface area (Å²) in [5.41, 5.74) is 3.14. The quantitative estimate of drug-likeness (QED) is 0.876. The molecule has 2 amide bonds. The Bertz CT molecular complexity index is 768. The molecule has 0 bridgehead atoms. The van der Waals surface area contributed by atoms with Gasteiger partial charge >= 0.3 is 0 Å². The lowest BCUT2D eigenvalue weighted by molar-refractivity contribution is -0.137. The van der Waals surface area contributed by atoms with Gasteiger partial charge in [-0.3, -0.25) is 14.3 Å². The van der Waals surface area contributed by atoms with E-state index in [0.29, 0.717) is 25.9 Å². The monoisotopic (exact) mass is 340 g/mol. The lowest BCUT2D eigenvalue weighted by Crippen LogP contribution is -2.46. The lowest BCUT2D eigenvalue weighted by Gasteiger charge is -2.25. The van der Waals surface area contributed by atoms with Crippen molar-refractivity contribution in [2.45, 2.75) is 38.8 Å². The number of carbonyl (C=O) groups is 2. The largest absolute Gasteiger partial charge is 0.350 e. The van der Waals surface area contributed by atoms with Gasteiger partial charge in [0.2, 0.25) is 11.8 Å². The Morgan fingerprint density at radius 1 is 1.36 bits per heavy atom. The average Bonchev–Trinajstić information content (AvgIpc) is 3.23. The number of amides is 2. The van der Waals surface area contributed by atoms with Crippen LogP contribution in [0.1, 0.15) is 31.7 Å². The van der Waals surface area contributed by atoms with Gasteiger partial charge < -0.3 is 10.2 Å². The van der Waals surface area contributed by atoms with Crippen LogP contribution in [0.2, 0.25) is 0 Å². The average molecular weight is 340 g/mol. The third kappa shape index (κ3) is 3.90. The summed E-state index contributed by atoms with van der Waals surface area (Å²) >= 11 is 0. The van der Waals surface area contributed by atoms with Crippen molar-refractivity contribution in [3.8, 4) is 11.1 Å². The van der Waals surface area contributed by atoms with Crippen LogP contribution in [0.4, 0.5) is 0 Å². The summed E-state index contributed by atoms with van der Waals surface area (Å²) in [5, 5.41) is 7.17. The normalized spacial score (nSPS) is 15.4. The van der Waals surface area contributed by atoms with Crippen molar-refractivity contribution < 1.29 is 9.59 Å². The maximum atomic E-state index is 12.5. The Labute approximate surface area is 147 Å². The van der Waals surface area contributed by atoms with E-state index in [9.17, 15) is 9.59 Å². The van der Waals surface area contributed by atoms with Gasteiger partial charge in [0.05, 0.1) is 6.20 Å². The van der Waals surface area contributed by atoms with Crippen LogP contribution in [-0.4, -0.2) is 39.1 Å². The molecule has 1 aromatic heterocycles. The van der Waals surface area contributed by atoms with Gasteiger partial charge in [0.15, 0.2) is 0 Å². The van der Waals surface area contributed by atoms with Gasteiger partial charge in [0.1, 0.15) is 6.04 Å². The first-order valence-electron chi connectivity index (χ1n) is 8.73. The maximum absolute atomic E-state index is 12.5. The van der Waals surface area contributed by atoms with Crippen molar-refractivity contribution in [1.82, 2.24) is 20.0 Å². The molecule has 1 saturated heterocycles. The second-order valence-electron chi connectivity index (χ2n) is 6.44. The molecule has 6 nitrogen and oxygen atoms in total. The molecule has 3 rings (SSSR count). The Balaban J connectivity index is 1.64. The van der Waals surface area contributed by atoms with Crippen LogP contribution < -0.4 is 5.32 Å². The van der Waals surface area contributed by atoms with E-state index >= 15 is 0 Å². The first kappa shape index (κ1) is 17.2. The number of aryl methyl sites for hydroxylation is 1. The maximum Gasteiger partial charge on any atom is 0.243 e. The summed E-state index contributed by atoms with van der Waals surface area (Å²) < 4.78 is 1.77. The molecule has 1 aliphatic heterocycles. The number of nitrogens with zero attached hydrogens (tertiary/aromatic N) is 3. The number of hydrogen-bond donors (Lipinski definition) is 1. The lowest BCUT2D eigenvalue weighted by atomic mass is 10.1. The molecule has 132 valence electrons. The van der Waals surface area contributed by atoms with Crippen LogP contribution in [0.5, 0.6) is 0 Å². The smallest absolute Gasteiger partial charge is 0.243 e. The van der Waals surface area contributed by atoms with E-state index in [2.05, 4.69) is 16.5 Å². The van der Waals surface area contributed by atoms with Gasteiger partial charge in [0.25, 0.3) is 0 Å². The number of rotatable bonds is 6. The van der Waals surface area contributed by atoms with Crippen LogP contribution in [0.3, 0.4) is 0 Å². The van der Waals surface area contributed by atoms with Crippen molar-refractivity contribution >= 4 is 11.8 Å². The fourth-order valence-corrected chi connectivity index (χ4v) is 3.28. The molecule has 0 unspecified atom stereocenters. The summed E-state index contributed by atoms with van der Waals surface area (Å²) in [6.45, 7) is 3.07. The second kappa shape index (κ2) is 7.51. The SMILES string of the molecule is CC[C@@H](C(=O)NCc1cccc(-c2cnn(C)c2)c1)N1CCCC1=O. The van der Waals surface area contributed by atoms with Crippen LogP contribution in [0, 0.1) is 0 Å². The zero-order chi connectivity index (χ0) is 17.8. The molecule has 6 heteroatoms. The summed E-state index contributed by atoms with van der Waals surface area (Å²) in [5.74, 6) is 0.00473. The topological polar surface area (TPSA) is 67.2 Å². The van der Waals surface area contributed by atoms with E-state index in [0.717, 1.165) is 23.1 Å². The summed E-state index contributed by atoms with van der Waals surface area (Å²) in [7, 11) is 1.89. The molecule has 1 fully saturated rings. The summed E-state index contributed by atoms with van der Waals surface area (Å²) in [6, 6.07) is 7.68. The van der Waals surface area contributed by atoms with Crippen LogP contribution in [0.25, 0.3) is 11.1 Å². The molecule has 25 heavy (non-hydrogen) atoms. The van der Waals surface area contributed by atoms with E-state index < -0.39 is 0 Å². The molecule has 0 spiro atoms. The molecule has 2 aromatic rings. The van der Waals surface area contributed by atoms with Gasteiger partial charge in [-0.05, 0) is 30.0 Å². The fraction of sp³-hybridized carbons (Fsp3) is 0.421. The third-order valence-electron chi connectivity index (χ3n) is 4.61. The number of aromatic nitrogens is 2. The minimum atomic E-state index is -0.364. The molecular formula is C19H24N4O2. The minimum absolute atomic E-state index is 0.0791. The van der Waals surface area contributed by atoms with E-state index in [1.165, 1.54) is 0 Å². The molecule has 0 radical (unpaired) electrons. The standard InChI is InChI=1S/C19H24N4O2/c1-3-17(23-9-5-8-18(23)24)19(25)20-11-14-6-4-7-15(10-14)16-12-21-22(2)13-16/h4,6-7,10,12-13,17H,3,5,8-9,11H2,1-2H3,(H,20,25)/t17-/m0/s1. The van der Waals surface area contributed by atoms with Gasteiger partial charge in [0, 0.05) is 38.3 Å².